The first kappa shape index (κ1) is 21.2. The summed E-state index contributed by atoms with van der Waals surface area (Å²) in [7, 11) is 0. The monoisotopic (exact) mass is 375 g/mol. The van der Waals surface area contributed by atoms with Crippen LogP contribution in [0, 0.1) is 0 Å². The van der Waals surface area contributed by atoms with Crippen molar-refractivity contribution in [2.75, 3.05) is 32.8 Å². The topological polar surface area (TPSA) is 70.7 Å². The number of hydrogen-bond acceptors (Lipinski definition) is 4. The number of nitrogens with one attached hydrogen (secondary N) is 2. The normalized spacial score (nSPS) is 17.3. The number of nitrogens with zero attached hydrogens (tertiary/aromatic N) is 1. The molecule has 0 spiro atoms. The number of piperidine rings is 1. The molecule has 0 saturated carbocycles. The van der Waals surface area contributed by atoms with Crippen LogP contribution in [0.2, 0.25) is 0 Å². The van der Waals surface area contributed by atoms with Crippen LogP contribution in [-0.4, -0.2) is 55.5 Å². The lowest BCUT2D eigenvalue weighted by molar-refractivity contribution is -0.120. The molecule has 1 unspecified atom stereocenters. The molecule has 1 saturated heterocycles. The first-order valence-electron chi connectivity index (χ1n) is 10.2. The zero-order chi connectivity index (χ0) is 19.5. The van der Waals surface area contributed by atoms with E-state index in [1.807, 2.05) is 6.92 Å². The third-order valence-corrected chi connectivity index (χ3v) is 4.92. The molecule has 1 aliphatic rings. The maximum atomic E-state index is 12.2. The second-order valence-electron chi connectivity index (χ2n) is 6.98. The van der Waals surface area contributed by atoms with Gasteiger partial charge in [0.25, 0.3) is 5.91 Å². The van der Waals surface area contributed by atoms with E-state index >= 15 is 0 Å². The second kappa shape index (κ2) is 11.6. The number of carbonyl (C=O) groups excluding carboxylic acids is 2. The predicted octanol–water partition coefficient (Wildman–Crippen LogP) is 2.59. The fraction of sp³-hybridized carbons (Fsp3) is 0.619. The minimum absolute atomic E-state index is 0.00623. The van der Waals surface area contributed by atoms with Crippen LogP contribution in [0.3, 0.4) is 0 Å². The zero-order valence-corrected chi connectivity index (χ0v) is 16.6. The molecule has 1 atom stereocenters. The summed E-state index contributed by atoms with van der Waals surface area (Å²) in [6.07, 6.45) is 5.97. The number of hydrogen-bond donors (Lipinski definition) is 2. The van der Waals surface area contributed by atoms with Crippen LogP contribution in [0.4, 0.5) is 0 Å². The Labute approximate surface area is 162 Å². The van der Waals surface area contributed by atoms with Crippen LogP contribution in [0.5, 0.6) is 5.75 Å². The van der Waals surface area contributed by atoms with Gasteiger partial charge in [0.2, 0.25) is 5.91 Å². The molecule has 1 aromatic carbocycles. The molecule has 2 rings (SSSR count). The highest BCUT2D eigenvalue weighted by atomic mass is 16.5. The van der Waals surface area contributed by atoms with Gasteiger partial charge >= 0.3 is 0 Å². The smallest absolute Gasteiger partial charge is 0.251 e. The van der Waals surface area contributed by atoms with Crippen molar-refractivity contribution in [2.24, 2.45) is 0 Å². The molecule has 6 nitrogen and oxygen atoms in total. The van der Waals surface area contributed by atoms with Gasteiger partial charge < -0.3 is 15.4 Å². The maximum absolute atomic E-state index is 12.2. The molecular weight excluding hydrogens is 342 g/mol. The van der Waals surface area contributed by atoms with Gasteiger partial charge in [-0.3, -0.25) is 14.5 Å². The summed E-state index contributed by atoms with van der Waals surface area (Å²) in [5.74, 6) is 0.331. The van der Waals surface area contributed by atoms with Gasteiger partial charge in [0, 0.05) is 18.2 Å². The summed E-state index contributed by atoms with van der Waals surface area (Å²) >= 11 is 0. The Bertz CT molecular complexity index is 589. The Hall–Kier alpha value is -2.08. The van der Waals surface area contributed by atoms with E-state index in [1.54, 1.807) is 24.3 Å². The molecule has 27 heavy (non-hydrogen) atoms. The van der Waals surface area contributed by atoms with Gasteiger partial charge in [0.1, 0.15) is 5.75 Å². The van der Waals surface area contributed by atoms with Gasteiger partial charge in [0.05, 0.1) is 13.2 Å². The molecule has 0 aromatic heterocycles. The van der Waals surface area contributed by atoms with E-state index in [1.165, 1.54) is 25.7 Å². The highest BCUT2D eigenvalue weighted by Crippen LogP contribution is 2.17. The zero-order valence-electron chi connectivity index (χ0n) is 16.6. The van der Waals surface area contributed by atoms with Crippen LogP contribution in [0.25, 0.3) is 0 Å². The average molecular weight is 376 g/mol. The minimum Gasteiger partial charge on any atom is -0.494 e. The van der Waals surface area contributed by atoms with Crippen LogP contribution >= 0.6 is 0 Å². The van der Waals surface area contributed by atoms with E-state index in [-0.39, 0.29) is 18.4 Å². The molecule has 2 amide bonds. The molecule has 0 radical (unpaired) electrons. The average Bonchev–Trinajstić information content (AvgIpc) is 2.70. The van der Waals surface area contributed by atoms with Crippen molar-refractivity contribution in [2.45, 2.75) is 52.0 Å². The third-order valence-electron chi connectivity index (χ3n) is 4.92. The lowest BCUT2D eigenvalue weighted by Crippen LogP contribution is -2.48. The number of likely N-dealkylation sites (tertiary alicyclic amines) is 1. The van der Waals surface area contributed by atoms with Crippen LogP contribution in [0.1, 0.15) is 56.3 Å². The largest absolute Gasteiger partial charge is 0.494 e. The van der Waals surface area contributed by atoms with Gasteiger partial charge in [-0.1, -0.05) is 19.8 Å². The highest BCUT2D eigenvalue weighted by molar-refractivity contribution is 5.96. The van der Waals surface area contributed by atoms with Gasteiger partial charge in [-0.2, -0.15) is 0 Å². The lowest BCUT2D eigenvalue weighted by atomic mass is 10.0. The minimum atomic E-state index is -0.254. The summed E-state index contributed by atoms with van der Waals surface area (Å²) in [6.45, 7) is 7.57. The standard InChI is InChI=1S/C21H33N3O3/c1-3-5-13-24-14-7-6-8-18(24)15-22-20(25)16-23-21(26)17-9-11-19(12-10-17)27-4-2/h9-12,18H,3-8,13-16H2,1-2H3,(H,22,25)(H,23,26). The van der Waals surface area contributed by atoms with Crippen LogP contribution in [-0.2, 0) is 4.79 Å². The van der Waals surface area contributed by atoms with Gasteiger partial charge in [-0.05, 0) is 63.5 Å². The first-order valence-corrected chi connectivity index (χ1v) is 10.2. The lowest BCUT2D eigenvalue weighted by Gasteiger charge is -2.35. The first-order chi connectivity index (χ1) is 13.1. The maximum Gasteiger partial charge on any atom is 0.251 e. The summed E-state index contributed by atoms with van der Waals surface area (Å²) in [4.78, 5) is 26.8. The Balaban J connectivity index is 1.72. The Morgan fingerprint density at radius 2 is 1.93 bits per heavy atom. The highest BCUT2D eigenvalue weighted by Gasteiger charge is 2.22. The van der Waals surface area contributed by atoms with Gasteiger partial charge in [-0.15, -0.1) is 0 Å². The summed E-state index contributed by atoms with van der Waals surface area (Å²) in [5.41, 5.74) is 0.518. The Kier molecular flexibility index (Phi) is 9.11. The van der Waals surface area contributed by atoms with Crippen molar-refractivity contribution in [1.29, 1.82) is 0 Å². The number of ether oxygens (including phenoxy) is 1. The van der Waals surface area contributed by atoms with Crippen molar-refractivity contribution < 1.29 is 14.3 Å². The van der Waals surface area contributed by atoms with E-state index in [9.17, 15) is 9.59 Å². The molecule has 1 aromatic rings. The van der Waals surface area contributed by atoms with E-state index in [0.717, 1.165) is 25.3 Å². The molecule has 0 bridgehead atoms. The molecular formula is C21H33N3O3. The van der Waals surface area contributed by atoms with E-state index in [0.29, 0.717) is 24.8 Å². The number of rotatable bonds is 10. The van der Waals surface area contributed by atoms with Crippen LogP contribution < -0.4 is 15.4 Å². The van der Waals surface area contributed by atoms with E-state index < -0.39 is 0 Å². The molecule has 0 aliphatic carbocycles. The SMILES string of the molecule is CCCCN1CCCCC1CNC(=O)CNC(=O)c1ccc(OCC)cc1. The van der Waals surface area contributed by atoms with Crippen molar-refractivity contribution in [3.05, 3.63) is 29.8 Å². The van der Waals surface area contributed by atoms with Gasteiger partial charge in [0.15, 0.2) is 0 Å². The predicted molar refractivity (Wildman–Crippen MR) is 107 cm³/mol. The van der Waals surface area contributed by atoms with Crippen molar-refractivity contribution in [3.63, 3.8) is 0 Å². The fourth-order valence-corrected chi connectivity index (χ4v) is 3.37. The molecule has 150 valence electrons. The van der Waals surface area contributed by atoms with Crippen molar-refractivity contribution in [3.8, 4) is 5.75 Å². The number of unbranched alkanes of at least 4 members (excludes halogenated alkanes) is 1. The van der Waals surface area contributed by atoms with Gasteiger partial charge in [-0.25, -0.2) is 0 Å². The second-order valence-corrected chi connectivity index (χ2v) is 6.98. The summed E-state index contributed by atoms with van der Waals surface area (Å²) in [5, 5.41) is 5.65. The summed E-state index contributed by atoms with van der Waals surface area (Å²) in [6, 6.07) is 7.33. The summed E-state index contributed by atoms with van der Waals surface area (Å²) < 4.78 is 5.36. The third kappa shape index (κ3) is 7.21. The fourth-order valence-electron chi connectivity index (χ4n) is 3.37. The molecule has 1 heterocycles. The van der Waals surface area contributed by atoms with Crippen molar-refractivity contribution >= 4 is 11.8 Å². The molecule has 6 heteroatoms. The molecule has 1 aliphatic heterocycles. The Morgan fingerprint density at radius 3 is 2.63 bits per heavy atom. The number of amides is 2. The quantitative estimate of drug-likeness (QED) is 0.659. The number of carbonyl (C=O) groups is 2. The number of benzene rings is 1. The molecule has 1 fully saturated rings. The Morgan fingerprint density at radius 1 is 1.15 bits per heavy atom. The van der Waals surface area contributed by atoms with E-state index in [4.69, 9.17) is 4.74 Å². The van der Waals surface area contributed by atoms with Crippen LogP contribution in [0.15, 0.2) is 24.3 Å². The molecule has 2 N–H and O–H groups in total. The van der Waals surface area contributed by atoms with E-state index in [2.05, 4.69) is 22.5 Å². The van der Waals surface area contributed by atoms with Crippen molar-refractivity contribution in [1.82, 2.24) is 15.5 Å².